The molecule has 0 aromatic heterocycles. The van der Waals surface area contributed by atoms with Crippen LogP contribution in [-0.4, -0.2) is 0 Å². The Bertz CT molecular complexity index is 295. The van der Waals surface area contributed by atoms with Crippen LogP contribution >= 0.6 is 11.6 Å². The van der Waals surface area contributed by atoms with Crippen LogP contribution in [0.2, 0.25) is 5.02 Å². The molecule has 0 fully saturated rings. The van der Waals surface area contributed by atoms with Crippen LogP contribution in [0.3, 0.4) is 0 Å². The lowest BCUT2D eigenvalue weighted by atomic mass is 10.0. The highest BCUT2D eigenvalue weighted by Crippen LogP contribution is 2.28. The van der Waals surface area contributed by atoms with Gasteiger partial charge in [-0.3, -0.25) is 0 Å². The van der Waals surface area contributed by atoms with E-state index in [2.05, 4.69) is 0 Å². The Balaban J connectivity index is 3.06. The molecule has 1 aromatic rings. The van der Waals surface area contributed by atoms with Gasteiger partial charge in [-0.05, 0) is 17.5 Å². The van der Waals surface area contributed by atoms with Crippen LogP contribution in [0.4, 0.5) is 8.78 Å². The minimum atomic E-state index is -2.45. The second-order valence-corrected chi connectivity index (χ2v) is 3.64. The number of rotatable bonds is 2. The topological polar surface area (TPSA) is 0 Å². The molecule has 0 spiro atoms. The standard InChI is InChI=1S/C10H11ClF2/c1-6(2)8-4-3-7(10(12)13)5-9(8)11/h3-6,10H,1-2H3. The van der Waals surface area contributed by atoms with Gasteiger partial charge in [-0.2, -0.15) is 0 Å². The molecule has 0 atom stereocenters. The monoisotopic (exact) mass is 204 g/mol. The minimum absolute atomic E-state index is 0.0191. The number of benzene rings is 1. The van der Waals surface area contributed by atoms with Crippen molar-refractivity contribution in [2.75, 3.05) is 0 Å². The van der Waals surface area contributed by atoms with Crippen molar-refractivity contribution >= 4 is 11.6 Å². The summed E-state index contributed by atoms with van der Waals surface area (Å²) < 4.78 is 24.4. The summed E-state index contributed by atoms with van der Waals surface area (Å²) in [6.07, 6.45) is -2.45. The van der Waals surface area contributed by atoms with Crippen molar-refractivity contribution in [1.82, 2.24) is 0 Å². The van der Waals surface area contributed by atoms with E-state index in [0.717, 1.165) is 5.56 Å². The summed E-state index contributed by atoms with van der Waals surface area (Å²) in [6, 6.07) is 4.42. The van der Waals surface area contributed by atoms with E-state index in [-0.39, 0.29) is 11.5 Å². The molecule has 0 N–H and O–H groups in total. The molecule has 72 valence electrons. The molecular weight excluding hydrogens is 194 g/mol. The quantitative estimate of drug-likeness (QED) is 0.670. The fourth-order valence-electron chi connectivity index (χ4n) is 1.15. The lowest BCUT2D eigenvalue weighted by molar-refractivity contribution is 0.151. The van der Waals surface area contributed by atoms with Crippen LogP contribution in [0, 0.1) is 0 Å². The van der Waals surface area contributed by atoms with Gasteiger partial charge in [0.05, 0.1) is 0 Å². The normalized spacial score (nSPS) is 11.3. The summed E-state index contributed by atoms with van der Waals surface area (Å²) in [6.45, 7) is 3.95. The highest BCUT2D eigenvalue weighted by atomic mass is 35.5. The van der Waals surface area contributed by atoms with Crippen molar-refractivity contribution in [3.8, 4) is 0 Å². The third kappa shape index (κ3) is 2.41. The summed E-state index contributed by atoms with van der Waals surface area (Å²) in [5.74, 6) is 0.263. The van der Waals surface area contributed by atoms with Crippen LogP contribution in [0.5, 0.6) is 0 Å². The Morgan fingerprint density at radius 1 is 1.23 bits per heavy atom. The molecule has 0 unspecified atom stereocenters. The molecule has 1 aromatic carbocycles. The molecule has 3 heteroatoms. The molecule has 0 aliphatic rings. The molecule has 0 heterocycles. The van der Waals surface area contributed by atoms with Crippen LogP contribution < -0.4 is 0 Å². The van der Waals surface area contributed by atoms with E-state index >= 15 is 0 Å². The lowest BCUT2D eigenvalue weighted by Crippen LogP contribution is -1.91. The van der Waals surface area contributed by atoms with Crippen molar-refractivity contribution in [3.63, 3.8) is 0 Å². The predicted molar refractivity (Wildman–Crippen MR) is 50.5 cm³/mol. The second kappa shape index (κ2) is 4.05. The largest absolute Gasteiger partial charge is 0.263 e. The Morgan fingerprint density at radius 2 is 1.85 bits per heavy atom. The summed E-state index contributed by atoms with van der Waals surface area (Å²) in [4.78, 5) is 0. The van der Waals surface area contributed by atoms with Gasteiger partial charge in [0.2, 0.25) is 0 Å². The Morgan fingerprint density at radius 3 is 2.23 bits per heavy atom. The molecular formula is C10H11ClF2. The highest BCUT2D eigenvalue weighted by Gasteiger charge is 2.10. The molecule has 0 bridgehead atoms. The van der Waals surface area contributed by atoms with Gasteiger partial charge >= 0.3 is 0 Å². The van der Waals surface area contributed by atoms with Gasteiger partial charge in [-0.1, -0.05) is 37.6 Å². The third-order valence-corrected chi connectivity index (χ3v) is 2.23. The van der Waals surface area contributed by atoms with E-state index in [1.807, 2.05) is 13.8 Å². The first kappa shape index (κ1) is 10.5. The molecule has 0 amide bonds. The average Bonchev–Trinajstić information content (AvgIpc) is 2.03. The molecule has 0 saturated carbocycles. The molecule has 0 aliphatic carbocycles. The number of alkyl halides is 2. The van der Waals surface area contributed by atoms with Gasteiger partial charge in [0.1, 0.15) is 0 Å². The fourth-order valence-corrected chi connectivity index (χ4v) is 1.55. The second-order valence-electron chi connectivity index (χ2n) is 3.24. The molecule has 0 saturated heterocycles. The average molecular weight is 205 g/mol. The molecule has 13 heavy (non-hydrogen) atoms. The Kier molecular flexibility index (Phi) is 3.26. The van der Waals surface area contributed by atoms with Crippen LogP contribution in [0.15, 0.2) is 18.2 Å². The van der Waals surface area contributed by atoms with Crippen molar-refractivity contribution in [2.45, 2.75) is 26.2 Å². The lowest BCUT2D eigenvalue weighted by Gasteiger charge is -2.09. The zero-order valence-corrected chi connectivity index (χ0v) is 8.28. The first-order valence-electron chi connectivity index (χ1n) is 4.10. The van der Waals surface area contributed by atoms with E-state index in [9.17, 15) is 8.78 Å². The van der Waals surface area contributed by atoms with E-state index < -0.39 is 6.43 Å². The van der Waals surface area contributed by atoms with Gasteiger partial charge in [-0.15, -0.1) is 0 Å². The zero-order valence-electron chi connectivity index (χ0n) is 7.52. The minimum Gasteiger partial charge on any atom is -0.205 e. The SMILES string of the molecule is CC(C)c1ccc(C(F)F)cc1Cl. The van der Waals surface area contributed by atoms with Crippen molar-refractivity contribution < 1.29 is 8.78 Å². The third-order valence-electron chi connectivity index (χ3n) is 1.90. The van der Waals surface area contributed by atoms with Crippen LogP contribution in [0.1, 0.15) is 37.3 Å². The van der Waals surface area contributed by atoms with Gasteiger partial charge < -0.3 is 0 Å². The van der Waals surface area contributed by atoms with Crippen LogP contribution in [0.25, 0.3) is 0 Å². The number of halogens is 3. The van der Waals surface area contributed by atoms with Crippen molar-refractivity contribution in [3.05, 3.63) is 34.3 Å². The van der Waals surface area contributed by atoms with Gasteiger partial charge in [0, 0.05) is 10.6 Å². The van der Waals surface area contributed by atoms with Crippen molar-refractivity contribution in [2.24, 2.45) is 0 Å². The van der Waals surface area contributed by atoms with Crippen molar-refractivity contribution in [1.29, 1.82) is 0 Å². The first-order valence-corrected chi connectivity index (χ1v) is 4.47. The maximum Gasteiger partial charge on any atom is 0.263 e. The fraction of sp³-hybridized carbons (Fsp3) is 0.400. The van der Waals surface area contributed by atoms with Gasteiger partial charge in [0.25, 0.3) is 6.43 Å². The number of hydrogen-bond acceptors (Lipinski definition) is 0. The molecule has 0 radical (unpaired) electrons. The first-order chi connectivity index (χ1) is 6.02. The van der Waals surface area contributed by atoms with E-state index in [0.29, 0.717) is 5.02 Å². The maximum absolute atomic E-state index is 12.2. The van der Waals surface area contributed by atoms with Gasteiger partial charge in [-0.25, -0.2) is 8.78 Å². The van der Waals surface area contributed by atoms with E-state index in [1.165, 1.54) is 12.1 Å². The highest BCUT2D eigenvalue weighted by molar-refractivity contribution is 6.31. The van der Waals surface area contributed by atoms with E-state index in [1.54, 1.807) is 6.07 Å². The van der Waals surface area contributed by atoms with Crippen LogP contribution in [-0.2, 0) is 0 Å². The Labute approximate surface area is 81.5 Å². The smallest absolute Gasteiger partial charge is 0.205 e. The maximum atomic E-state index is 12.2. The summed E-state index contributed by atoms with van der Waals surface area (Å²) in [5.41, 5.74) is 0.889. The molecule has 0 nitrogen and oxygen atoms in total. The van der Waals surface area contributed by atoms with E-state index in [4.69, 9.17) is 11.6 Å². The molecule has 1 rings (SSSR count). The summed E-state index contributed by atoms with van der Waals surface area (Å²) in [7, 11) is 0. The summed E-state index contributed by atoms with van der Waals surface area (Å²) >= 11 is 5.84. The predicted octanol–water partition coefficient (Wildman–Crippen LogP) is 4.40. The zero-order chi connectivity index (χ0) is 10.0. The number of hydrogen-bond donors (Lipinski definition) is 0. The molecule has 0 aliphatic heterocycles. The Hall–Kier alpha value is -0.630. The summed E-state index contributed by atoms with van der Waals surface area (Å²) in [5, 5.41) is 0.424. The van der Waals surface area contributed by atoms with Gasteiger partial charge in [0.15, 0.2) is 0 Å².